The van der Waals surface area contributed by atoms with Gasteiger partial charge in [0.15, 0.2) is 0 Å². The van der Waals surface area contributed by atoms with Crippen molar-refractivity contribution in [2.75, 3.05) is 0 Å². The molecule has 5 nitrogen and oxygen atoms in total. The maximum absolute atomic E-state index is 11.2. The Hall–Kier alpha value is -2.79. The first-order valence-corrected chi connectivity index (χ1v) is 9.92. The molecule has 1 heterocycles. The zero-order chi connectivity index (χ0) is 21.2. The third-order valence-electron chi connectivity index (χ3n) is 4.63. The summed E-state index contributed by atoms with van der Waals surface area (Å²) in [5.74, 6) is -0.267. The second-order valence-electron chi connectivity index (χ2n) is 7.86. The van der Waals surface area contributed by atoms with E-state index in [4.69, 9.17) is 21.4 Å². The number of hydrogen-bond donors (Lipinski definition) is 0. The summed E-state index contributed by atoms with van der Waals surface area (Å²) in [4.78, 5) is 21.2. The van der Waals surface area contributed by atoms with Crippen LogP contribution in [0.1, 0.15) is 45.7 Å². The van der Waals surface area contributed by atoms with Crippen LogP contribution in [0.3, 0.4) is 0 Å². The average Bonchev–Trinajstić information content (AvgIpc) is 3.05. The molecule has 2 aromatic carbocycles. The van der Waals surface area contributed by atoms with Crippen molar-refractivity contribution in [1.82, 2.24) is 9.78 Å². The SMILES string of the molecule is CCc1c(OOC(C)=O)nn(-c2ccc(C(C)(C)C)cc2)c1-c1ccc(Cl)cc1. The minimum absolute atomic E-state index is 0.0554. The predicted molar refractivity (Wildman–Crippen MR) is 114 cm³/mol. The van der Waals surface area contributed by atoms with Crippen LogP contribution in [0.2, 0.25) is 5.02 Å². The first-order valence-electron chi connectivity index (χ1n) is 9.54. The molecule has 0 saturated carbocycles. The summed E-state index contributed by atoms with van der Waals surface area (Å²) in [6.45, 7) is 9.82. The fourth-order valence-corrected chi connectivity index (χ4v) is 3.23. The van der Waals surface area contributed by atoms with Gasteiger partial charge in [-0.2, -0.15) is 0 Å². The zero-order valence-corrected chi connectivity index (χ0v) is 18.1. The van der Waals surface area contributed by atoms with Gasteiger partial charge in [-0.3, -0.25) is 4.89 Å². The first-order chi connectivity index (χ1) is 13.7. The molecule has 152 valence electrons. The highest BCUT2D eigenvalue weighted by molar-refractivity contribution is 6.30. The Balaban J connectivity index is 2.16. The van der Waals surface area contributed by atoms with Crippen LogP contribution in [0, 0.1) is 0 Å². The fraction of sp³-hybridized carbons (Fsp3) is 0.304. The molecule has 0 radical (unpaired) electrons. The molecule has 0 atom stereocenters. The molecule has 0 aliphatic carbocycles. The lowest BCUT2D eigenvalue weighted by Crippen LogP contribution is -2.11. The summed E-state index contributed by atoms with van der Waals surface area (Å²) in [6, 6.07) is 15.8. The van der Waals surface area contributed by atoms with E-state index in [0.29, 0.717) is 11.4 Å². The Morgan fingerprint density at radius 3 is 2.21 bits per heavy atom. The van der Waals surface area contributed by atoms with E-state index in [-0.39, 0.29) is 11.3 Å². The molecular weight excluding hydrogens is 388 g/mol. The van der Waals surface area contributed by atoms with Crippen molar-refractivity contribution in [2.45, 2.75) is 46.5 Å². The molecule has 0 unspecified atom stereocenters. The van der Waals surface area contributed by atoms with Gasteiger partial charge in [0.1, 0.15) is 0 Å². The summed E-state index contributed by atoms with van der Waals surface area (Å²) in [7, 11) is 0. The lowest BCUT2D eigenvalue weighted by Gasteiger charge is -2.19. The van der Waals surface area contributed by atoms with Gasteiger partial charge in [-0.25, -0.2) is 14.4 Å². The molecular formula is C23H25ClN2O3. The molecule has 0 spiro atoms. The molecule has 0 fully saturated rings. The largest absolute Gasteiger partial charge is 0.352 e. The first kappa shape index (κ1) is 20.9. The Morgan fingerprint density at radius 1 is 1.07 bits per heavy atom. The van der Waals surface area contributed by atoms with Gasteiger partial charge < -0.3 is 0 Å². The standard InChI is InChI=1S/C23H25ClN2O3/c1-6-20-21(16-7-11-18(24)12-8-16)26(25-22(20)29-28-15(2)27)19-13-9-17(10-14-19)23(3,4)5/h7-14H,6H2,1-5H3. The third-order valence-corrected chi connectivity index (χ3v) is 4.89. The van der Waals surface area contributed by atoms with Crippen LogP contribution >= 0.6 is 11.6 Å². The van der Waals surface area contributed by atoms with Crippen molar-refractivity contribution in [1.29, 1.82) is 0 Å². The van der Waals surface area contributed by atoms with E-state index in [0.717, 1.165) is 22.5 Å². The highest BCUT2D eigenvalue weighted by Gasteiger charge is 2.22. The van der Waals surface area contributed by atoms with Gasteiger partial charge in [-0.15, -0.1) is 5.10 Å². The fourth-order valence-electron chi connectivity index (χ4n) is 3.11. The van der Waals surface area contributed by atoms with Gasteiger partial charge in [0.2, 0.25) is 0 Å². The zero-order valence-electron chi connectivity index (χ0n) is 17.3. The van der Waals surface area contributed by atoms with Gasteiger partial charge in [0.25, 0.3) is 5.88 Å². The number of nitrogens with zero attached hydrogens (tertiary/aromatic N) is 2. The van der Waals surface area contributed by atoms with Crippen LogP contribution in [-0.4, -0.2) is 15.7 Å². The molecule has 6 heteroatoms. The van der Waals surface area contributed by atoms with Gasteiger partial charge >= 0.3 is 5.97 Å². The van der Waals surface area contributed by atoms with E-state index in [1.807, 2.05) is 48.0 Å². The monoisotopic (exact) mass is 412 g/mol. The Morgan fingerprint density at radius 2 is 1.69 bits per heavy atom. The van der Waals surface area contributed by atoms with Crippen LogP contribution in [-0.2, 0) is 21.5 Å². The number of benzene rings is 2. The summed E-state index contributed by atoms with van der Waals surface area (Å²) in [5, 5.41) is 5.25. The lowest BCUT2D eigenvalue weighted by molar-refractivity contribution is -0.212. The highest BCUT2D eigenvalue weighted by atomic mass is 35.5. The molecule has 3 aromatic rings. The molecule has 0 bridgehead atoms. The smallest absolute Gasteiger partial charge is 0.264 e. The van der Waals surface area contributed by atoms with Crippen molar-refractivity contribution < 1.29 is 14.6 Å². The molecule has 29 heavy (non-hydrogen) atoms. The van der Waals surface area contributed by atoms with E-state index < -0.39 is 5.97 Å². The van der Waals surface area contributed by atoms with Crippen molar-refractivity contribution in [3.8, 4) is 22.8 Å². The molecule has 0 N–H and O–H groups in total. The summed E-state index contributed by atoms with van der Waals surface area (Å²) >= 11 is 6.07. The van der Waals surface area contributed by atoms with Crippen molar-refractivity contribution in [3.05, 3.63) is 64.7 Å². The molecule has 0 aliphatic rings. The number of carbonyl (C=O) groups is 1. The van der Waals surface area contributed by atoms with Gasteiger partial charge in [0, 0.05) is 23.1 Å². The van der Waals surface area contributed by atoms with Crippen molar-refractivity contribution in [3.63, 3.8) is 0 Å². The Labute approximate surface area is 176 Å². The molecule has 0 saturated heterocycles. The highest BCUT2D eigenvalue weighted by Crippen LogP contribution is 2.35. The van der Waals surface area contributed by atoms with Crippen LogP contribution in [0.4, 0.5) is 0 Å². The van der Waals surface area contributed by atoms with Crippen molar-refractivity contribution in [2.24, 2.45) is 0 Å². The summed E-state index contributed by atoms with van der Waals surface area (Å²) in [6.07, 6.45) is 0.647. The molecule has 0 aliphatic heterocycles. The Kier molecular flexibility index (Phi) is 5.99. The van der Waals surface area contributed by atoms with E-state index in [9.17, 15) is 4.79 Å². The minimum Gasteiger partial charge on any atom is -0.264 e. The average molecular weight is 413 g/mol. The van der Waals surface area contributed by atoms with E-state index >= 15 is 0 Å². The number of halogens is 1. The quantitative estimate of drug-likeness (QED) is 0.386. The number of aromatic nitrogens is 2. The lowest BCUT2D eigenvalue weighted by atomic mass is 9.87. The maximum atomic E-state index is 11.2. The predicted octanol–water partition coefficient (Wildman–Crippen LogP) is 5.91. The van der Waals surface area contributed by atoms with Crippen LogP contribution < -0.4 is 4.89 Å². The minimum atomic E-state index is -0.538. The third kappa shape index (κ3) is 4.62. The Bertz CT molecular complexity index is 1000. The van der Waals surface area contributed by atoms with E-state index in [2.05, 4.69) is 38.0 Å². The number of rotatable bonds is 5. The van der Waals surface area contributed by atoms with Crippen LogP contribution in [0.25, 0.3) is 16.9 Å². The van der Waals surface area contributed by atoms with Gasteiger partial charge in [0.05, 0.1) is 11.4 Å². The maximum Gasteiger partial charge on any atom is 0.352 e. The normalized spacial score (nSPS) is 11.4. The van der Waals surface area contributed by atoms with Crippen LogP contribution in [0.15, 0.2) is 48.5 Å². The molecule has 3 rings (SSSR count). The molecule has 0 amide bonds. The number of carbonyl (C=O) groups excluding carboxylic acids is 1. The number of hydrogen-bond acceptors (Lipinski definition) is 4. The van der Waals surface area contributed by atoms with E-state index in [1.54, 1.807) is 0 Å². The summed E-state index contributed by atoms with van der Waals surface area (Å²) < 4.78 is 1.81. The second-order valence-corrected chi connectivity index (χ2v) is 8.30. The molecule has 1 aromatic heterocycles. The topological polar surface area (TPSA) is 53.4 Å². The van der Waals surface area contributed by atoms with Gasteiger partial charge in [-0.05, 0) is 41.7 Å². The second kappa shape index (κ2) is 8.29. The van der Waals surface area contributed by atoms with Gasteiger partial charge in [-0.1, -0.05) is 63.6 Å². The summed E-state index contributed by atoms with van der Waals surface area (Å²) in [5.41, 5.74) is 4.82. The van der Waals surface area contributed by atoms with Crippen LogP contribution in [0.5, 0.6) is 5.88 Å². The van der Waals surface area contributed by atoms with E-state index in [1.165, 1.54) is 12.5 Å². The van der Waals surface area contributed by atoms with Crippen molar-refractivity contribution >= 4 is 17.6 Å².